The van der Waals surface area contributed by atoms with Gasteiger partial charge in [0.1, 0.15) is 11.5 Å². The SMILES string of the molecule is CCOc1ccc(/C=C/C(=O)Nc2ccc3c(c2)N(CCCOc2ccccc2)C(=O)C(C)O3)cc1OC. The molecule has 3 aromatic carbocycles. The van der Waals surface area contributed by atoms with Crippen LogP contribution in [0.25, 0.3) is 6.08 Å². The zero-order chi connectivity index (χ0) is 26.9. The van der Waals surface area contributed by atoms with Crippen molar-refractivity contribution in [3.05, 3.63) is 78.4 Å². The van der Waals surface area contributed by atoms with Gasteiger partial charge in [-0.15, -0.1) is 0 Å². The highest BCUT2D eigenvalue weighted by atomic mass is 16.5. The second-order valence-electron chi connectivity index (χ2n) is 8.61. The minimum atomic E-state index is -0.591. The Balaban J connectivity index is 1.41. The van der Waals surface area contributed by atoms with Crippen LogP contribution in [-0.2, 0) is 9.59 Å². The fourth-order valence-corrected chi connectivity index (χ4v) is 4.06. The Morgan fingerprint density at radius 1 is 1.05 bits per heavy atom. The highest BCUT2D eigenvalue weighted by Gasteiger charge is 2.31. The Labute approximate surface area is 222 Å². The number of rotatable bonds is 11. The highest BCUT2D eigenvalue weighted by Crippen LogP contribution is 2.36. The number of carbonyl (C=O) groups excluding carboxylic acids is 2. The largest absolute Gasteiger partial charge is 0.494 e. The molecule has 198 valence electrons. The van der Waals surface area contributed by atoms with Gasteiger partial charge < -0.3 is 29.2 Å². The summed E-state index contributed by atoms with van der Waals surface area (Å²) >= 11 is 0. The molecule has 1 heterocycles. The van der Waals surface area contributed by atoms with Gasteiger partial charge >= 0.3 is 0 Å². The Bertz CT molecular complexity index is 1290. The van der Waals surface area contributed by atoms with Crippen molar-refractivity contribution in [2.24, 2.45) is 0 Å². The van der Waals surface area contributed by atoms with Crippen molar-refractivity contribution >= 4 is 29.3 Å². The van der Waals surface area contributed by atoms with Gasteiger partial charge in [-0.25, -0.2) is 0 Å². The third-order valence-corrected chi connectivity index (χ3v) is 5.89. The maximum atomic E-state index is 12.9. The van der Waals surface area contributed by atoms with Crippen LogP contribution < -0.4 is 29.2 Å². The quantitative estimate of drug-likeness (QED) is 0.274. The molecule has 0 saturated heterocycles. The van der Waals surface area contributed by atoms with E-state index in [1.807, 2.05) is 43.3 Å². The maximum absolute atomic E-state index is 12.9. The van der Waals surface area contributed by atoms with E-state index in [9.17, 15) is 9.59 Å². The number of carbonyl (C=O) groups is 2. The number of amides is 2. The molecule has 0 bridgehead atoms. The number of ether oxygens (including phenoxy) is 4. The summed E-state index contributed by atoms with van der Waals surface area (Å²) < 4.78 is 22.5. The molecule has 0 saturated carbocycles. The van der Waals surface area contributed by atoms with Gasteiger partial charge in [0.2, 0.25) is 5.91 Å². The van der Waals surface area contributed by atoms with Gasteiger partial charge in [0.05, 0.1) is 26.0 Å². The highest BCUT2D eigenvalue weighted by molar-refractivity contribution is 6.04. The lowest BCUT2D eigenvalue weighted by Crippen LogP contribution is -2.45. The summed E-state index contributed by atoms with van der Waals surface area (Å²) in [7, 11) is 1.57. The first-order valence-corrected chi connectivity index (χ1v) is 12.6. The zero-order valence-corrected chi connectivity index (χ0v) is 21.8. The van der Waals surface area contributed by atoms with E-state index in [0.717, 1.165) is 11.3 Å². The fraction of sp³-hybridized carbons (Fsp3) is 0.267. The molecule has 1 N–H and O–H groups in total. The van der Waals surface area contributed by atoms with Gasteiger partial charge in [0.25, 0.3) is 5.91 Å². The lowest BCUT2D eigenvalue weighted by molar-refractivity contribution is -0.125. The van der Waals surface area contributed by atoms with E-state index in [-0.39, 0.29) is 11.8 Å². The lowest BCUT2D eigenvalue weighted by Gasteiger charge is -2.33. The van der Waals surface area contributed by atoms with Crippen molar-refractivity contribution in [2.75, 3.05) is 37.1 Å². The normalized spacial score (nSPS) is 14.6. The van der Waals surface area contributed by atoms with Crippen molar-refractivity contribution in [1.29, 1.82) is 0 Å². The number of para-hydroxylation sites is 1. The second kappa shape index (κ2) is 12.7. The molecule has 38 heavy (non-hydrogen) atoms. The minimum absolute atomic E-state index is 0.134. The third-order valence-electron chi connectivity index (χ3n) is 5.89. The summed E-state index contributed by atoms with van der Waals surface area (Å²) in [6, 6.07) is 20.3. The van der Waals surface area contributed by atoms with Crippen molar-refractivity contribution in [2.45, 2.75) is 26.4 Å². The van der Waals surface area contributed by atoms with E-state index < -0.39 is 6.10 Å². The number of anilines is 2. The van der Waals surface area contributed by atoms with Crippen molar-refractivity contribution in [3.63, 3.8) is 0 Å². The summed E-state index contributed by atoms with van der Waals surface area (Å²) in [5.41, 5.74) is 1.97. The van der Waals surface area contributed by atoms with E-state index in [4.69, 9.17) is 18.9 Å². The smallest absolute Gasteiger partial charge is 0.267 e. The van der Waals surface area contributed by atoms with E-state index in [2.05, 4.69) is 5.32 Å². The molecule has 1 aliphatic rings. The number of nitrogens with one attached hydrogen (secondary N) is 1. The first-order chi connectivity index (χ1) is 18.5. The molecule has 1 unspecified atom stereocenters. The van der Waals surface area contributed by atoms with E-state index in [0.29, 0.717) is 54.8 Å². The number of hydrogen-bond acceptors (Lipinski definition) is 6. The van der Waals surface area contributed by atoms with Crippen LogP contribution in [-0.4, -0.2) is 44.8 Å². The monoisotopic (exact) mass is 516 g/mol. The Morgan fingerprint density at radius 2 is 1.87 bits per heavy atom. The predicted octanol–water partition coefficient (Wildman–Crippen LogP) is 5.33. The molecule has 1 atom stereocenters. The van der Waals surface area contributed by atoms with Crippen LogP contribution in [0.15, 0.2) is 72.8 Å². The van der Waals surface area contributed by atoms with Crippen molar-refractivity contribution in [1.82, 2.24) is 0 Å². The zero-order valence-electron chi connectivity index (χ0n) is 21.8. The van der Waals surface area contributed by atoms with E-state index in [1.165, 1.54) is 6.08 Å². The summed E-state index contributed by atoms with van der Waals surface area (Å²) in [4.78, 5) is 27.2. The number of hydrogen-bond donors (Lipinski definition) is 1. The molecule has 3 aromatic rings. The molecule has 0 fully saturated rings. The average molecular weight is 517 g/mol. The lowest BCUT2D eigenvalue weighted by atomic mass is 10.1. The maximum Gasteiger partial charge on any atom is 0.267 e. The Hall–Kier alpha value is -4.46. The van der Waals surface area contributed by atoms with E-state index in [1.54, 1.807) is 55.3 Å². The standard InChI is InChI=1S/C30H32N2O6/c1-4-36-27-14-11-22(19-28(27)35-3)12-16-29(33)31-23-13-15-26-25(20-23)32(30(34)21(2)38-26)17-8-18-37-24-9-6-5-7-10-24/h5-7,9-16,19-21H,4,8,17-18H2,1-3H3,(H,31,33)/b16-12+. The Morgan fingerprint density at radius 3 is 2.63 bits per heavy atom. The molecule has 0 spiro atoms. The summed E-state index contributed by atoms with van der Waals surface area (Å²) in [5.74, 6) is 2.18. The van der Waals surface area contributed by atoms with Crippen LogP contribution in [0.3, 0.4) is 0 Å². The van der Waals surface area contributed by atoms with Crippen molar-refractivity contribution in [3.8, 4) is 23.0 Å². The second-order valence-corrected chi connectivity index (χ2v) is 8.61. The predicted molar refractivity (Wildman–Crippen MR) is 147 cm³/mol. The van der Waals surface area contributed by atoms with Crippen LogP contribution >= 0.6 is 0 Å². The molecule has 0 aliphatic carbocycles. The first kappa shape index (κ1) is 26.6. The topological polar surface area (TPSA) is 86.3 Å². The van der Waals surface area contributed by atoms with Crippen LogP contribution in [0.1, 0.15) is 25.8 Å². The summed E-state index contributed by atoms with van der Waals surface area (Å²) in [6.07, 6.45) is 3.18. The van der Waals surface area contributed by atoms with Crippen LogP contribution in [0.4, 0.5) is 11.4 Å². The van der Waals surface area contributed by atoms with Crippen molar-refractivity contribution < 1.29 is 28.5 Å². The van der Waals surface area contributed by atoms with E-state index >= 15 is 0 Å². The Kier molecular flexibility index (Phi) is 8.87. The fourth-order valence-electron chi connectivity index (χ4n) is 4.06. The van der Waals surface area contributed by atoms with Gasteiger partial charge in [-0.1, -0.05) is 24.3 Å². The molecule has 1 aliphatic heterocycles. The number of benzene rings is 3. The number of methoxy groups -OCH3 is 1. The molecule has 0 aromatic heterocycles. The molecule has 8 heteroatoms. The van der Waals surface area contributed by atoms with Crippen LogP contribution in [0.5, 0.6) is 23.0 Å². The first-order valence-electron chi connectivity index (χ1n) is 12.6. The minimum Gasteiger partial charge on any atom is -0.494 e. The van der Waals surface area contributed by atoms with Crippen LogP contribution in [0, 0.1) is 0 Å². The molecular formula is C30H32N2O6. The van der Waals surface area contributed by atoms with Crippen LogP contribution in [0.2, 0.25) is 0 Å². The molecule has 2 amide bonds. The molecule has 4 rings (SSSR count). The van der Waals surface area contributed by atoms with Gasteiger partial charge in [-0.05, 0) is 74.4 Å². The van der Waals surface area contributed by atoms with Gasteiger partial charge in [0.15, 0.2) is 17.6 Å². The number of nitrogens with zero attached hydrogens (tertiary/aromatic N) is 1. The summed E-state index contributed by atoms with van der Waals surface area (Å²) in [6.45, 7) is 5.10. The third kappa shape index (κ3) is 6.64. The summed E-state index contributed by atoms with van der Waals surface area (Å²) in [5, 5.41) is 2.86. The van der Waals surface area contributed by atoms with Gasteiger partial charge in [-0.3, -0.25) is 9.59 Å². The molecule has 8 nitrogen and oxygen atoms in total. The molecular weight excluding hydrogens is 484 g/mol. The molecule has 0 radical (unpaired) electrons. The van der Waals surface area contributed by atoms with Gasteiger partial charge in [-0.2, -0.15) is 0 Å². The van der Waals surface area contributed by atoms with Gasteiger partial charge in [0, 0.05) is 18.3 Å². The number of fused-ring (bicyclic) bond motifs is 1. The average Bonchev–Trinajstić information content (AvgIpc) is 2.93.